The van der Waals surface area contributed by atoms with Gasteiger partial charge in [0.05, 0.1) is 31.5 Å². The maximum atomic E-state index is 12.8. The number of nitrogens with zero attached hydrogens (tertiary/aromatic N) is 5. The molecule has 4 heterocycles. The molecule has 0 radical (unpaired) electrons. The number of carbonyl (C=O) groups is 1. The van der Waals surface area contributed by atoms with E-state index in [1.165, 1.54) is 0 Å². The number of hydrogen-bond donors (Lipinski definition) is 1. The maximum Gasteiger partial charge on any atom is 0.227 e. The van der Waals surface area contributed by atoms with Crippen LogP contribution in [0.15, 0.2) is 30.7 Å². The summed E-state index contributed by atoms with van der Waals surface area (Å²) in [4.78, 5) is 21.3. The second kappa shape index (κ2) is 8.14. The summed E-state index contributed by atoms with van der Waals surface area (Å²) >= 11 is 0. The lowest BCUT2D eigenvalue weighted by atomic mass is 9.80. The van der Waals surface area contributed by atoms with Gasteiger partial charge in [0.15, 0.2) is 0 Å². The highest BCUT2D eigenvalue weighted by Crippen LogP contribution is 2.33. The topological polar surface area (TPSA) is 87.2 Å². The normalized spacial score (nSPS) is 24.1. The van der Waals surface area contributed by atoms with E-state index < -0.39 is 0 Å². The Labute approximate surface area is 158 Å². The van der Waals surface area contributed by atoms with E-state index in [1.54, 1.807) is 18.6 Å². The van der Waals surface area contributed by atoms with Crippen LogP contribution in [-0.4, -0.2) is 75.5 Å². The number of rotatable bonds is 4. The summed E-state index contributed by atoms with van der Waals surface area (Å²) in [5, 5.41) is 10.7. The van der Waals surface area contributed by atoms with E-state index in [-0.39, 0.29) is 11.3 Å². The van der Waals surface area contributed by atoms with Crippen LogP contribution in [0.1, 0.15) is 24.1 Å². The number of aromatic nitrogens is 4. The van der Waals surface area contributed by atoms with Crippen LogP contribution in [0.3, 0.4) is 0 Å². The molecular weight excluding hydrogens is 344 g/mol. The molecule has 1 atom stereocenters. The molecule has 144 valence electrons. The SMILES string of the molecule is O=C(Cc1cccnc1)N1CCCC2(COCCN(Cc3cn[nH]n3)C2)C1. The Kier molecular flexibility index (Phi) is 5.45. The molecule has 0 saturated carbocycles. The Hall–Kier alpha value is -2.32. The molecule has 8 nitrogen and oxygen atoms in total. The van der Waals surface area contributed by atoms with Gasteiger partial charge in [0, 0.05) is 50.5 Å². The van der Waals surface area contributed by atoms with Gasteiger partial charge in [-0.1, -0.05) is 6.07 Å². The minimum Gasteiger partial charge on any atom is -0.379 e. The zero-order valence-electron chi connectivity index (χ0n) is 15.5. The van der Waals surface area contributed by atoms with Crippen molar-refractivity contribution in [2.75, 3.05) is 39.4 Å². The largest absolute Gasteiger partial charge is 0.379 e. The van der Waals surface area contributed by atoms with E-state index in [0.717, 1.165) is 56.8 Å². The van der Waals surface area contributed by atoms with Gasteiger partial charge in [-0.15, -0.1) is 0 Å². The van der Waals surface area contributed by atoms with E-state index in [4.69, 9.17) is 4.74 Å². The van der Waals surface area contributed by atoms with Gasteiger partial charge >= 0.3 is 0 Å². The van der Waals surface area contributed by atoms with Crippen LogP contribution < -0.4 is 0 Å². The van der Waals surface area contributed by atoms with E-state index >= 15 is 0 Å². The quantitative estimate of drug-likeness (QED) is 0.860. The number of likely N-dealkylation sites (tertiary alicyclic amines) is 1. The minimum absolute atomic E-state index is 0.0108. The third-order valence-electron chi connectivity index (χ3n) is 5.46. The number of nitrogens with one attached hydrogen (secondary N) is 1. The van der Waals surface area contributed by atoms with Crippen LogP contribution in [-0.2, 0) is 22.5 Å². The number of amides is 1. The minimum atomic E-state index is -0.0108. The number of ether oxygens (including phenoxy) is 1. The number of pyridine rings is 1. The van der Waals surface area contributed by atoms with Crippen LogP contribution >= 0.6 is 0 Å². The second-order valence-electron chi connectivity index (χ2n) is 7.68. The first-order valence-electron chi connectivity index (χ1n) is 9.54. The first-order chi connectivity index (χ1) is 13.2. The molecule has 27 heavy (non-hydrogen) atoms. The number of H-pyrrole nitrogens is 1. The van der Waals surface area contributed by atoms with Crippen molar-refractivity contribution in [3.8, 4) is 0 Å². The summed E-state index contributed by atoms with van der Waals surface area (Å²) in [6, 6.07) is 3.83. The third-order valence-corrected chi connectivity index (χ3v) is 5.46. The highest BCUT2D eigenvalue weighted by Gasteiger charge is 2.40. The Bertz CT molecular complexity index is 738. The van der Waals surface area contributed by atoms with Crippen molar-refractivity contribution in [1.82, 2.24) is 30.2 Å². The Morgan fingerprint density at radius 3 is 3.07 bits per heavy atom. The molecule has 1 N–H and O–H groups in total. The van der Waals surface area contributed by atoms with Gasteiger partial charge in [-0.25, -0.2) is 0 Å². The smallest absolute Gasteiger partial charge is 0.227 e. The summed E-state index contributed by atoms with van der Waals surface area (Å²) in [5.74, 6) is 0.175. The van der Waals surface area contributed by atoms with Crippen molar-refractivity contribution in [3.05, 3.63) is 42.0 Å². The van der Waals surface area contributed by atoms with Gasteiger partial charge in [0.2, 0.25) is 5.91 Å². The maximum absolute atomic E-state index is 12.8. The van der Waals surface area contributed by atoms with Crippen LogP contribution in [0.25, 0.3) is 0 Å². The predicted molar refractivity (Wildman–Crippen MR) is 98.7 cm³/mol. The number of aromatic amines is 1. The third kappa shape index (κ3) is 4.51. The van der Waals surface area contributed by atoms with Gasteiger partial charge in [-0.2, -0.15) is 15.4 Å². The Morgan fingerprint density at radius 2 is 2.26 bits per heavy atom. The van der Waals surface area contributed by atoms with Gasteiger partial charge in [0.1, 0.15) is 0 Å². The molecule has 2 fully saturated rings. The van der Waals surface area contributed by atoms with Crippen LogP contribution in [0.5, 0.6) is 0 Å². The molecule has 2 saturated heterocycles. The first kappa shape index (κ1) is 18.1. The summed E-state index contributed by atoms with van der Waals surface area (Å²) in [6.45, 7) is 5.54. The van der Waals surface area contributed by atoms with E-state index in [0.29, 0.717) is 19.6 Å². The molecule has 1 spiro atoms. The first-order valence-corrected chi connectivity index (χ1v) is 9.54. The van der Waals surface area contributed by atoms with Crippen molar-refractivity contribution in [3.63, 3.8) is 0 Å². The van der Waals surface area contributed by atoms with Gasteiger partial charge in [0.25, 0.3) is 0 Å². The number of hydrogen-bond acceptors (Lipinski definition) is 6. The molecule has 0 aliphatic carbocycles. The van der Waals surface area contributed by atoms with E-state index in [1.807, 2.05) is 17.0 Å². The number of carbonyl (C=O) groups excluding carboxylic acids is 1. The molecule has 2 aliphatic rings. The fourth-order valence-corrected chi connectivity index (χ4v) is 4.20. The molecule has 0 bridgehead atoms. The van der Waals surface area contributed by atoms with Crippen molar-refractivity contribution in [2.45, 2.75) is 25.8 Å². The van der Waals surface area contributed by atoms with Crippen molar-refractivity contribution in [2.24, 2.45) is 5.41 Å². The molecule has 8 heteroatoms. The van der Waals surface area contributed by atoms with E-state index in [9.17, 15) is 4.79 Å². The standard InChI is InChI=1S/C19H26N6O2/c26-18(9-16-3-1-5-20-10-16)25-6-2-4-19(14-25)13-24(7-8-27-15-19)12-17-11-21-23-22-17/h1,3,5,10-11H,2,4,6-9,12-15H2,(H,21,22,23). The lowest BCUT2D eigenvalue weighted by Gasteiger charge is -2.43. The van der Waals surface area contributed by atoms with E-state index in [2.05, 4.69) is 25.3 Å². The molecule has 1 amide bonds. The Morgan fingerprint density at radius 1 is 1.30 bits per heavy atom. The van der Waals surface area contributed by atoms with Crippen LogP contribution in [0, 0.1) is 5.41 Å². The van der Waals surface area contributed by atoms with Crippen LogP contribution in [0.4, 0.5) is 0 Å². The monoisotopic (exact) mass is 370 g/mol. The average Bonchev–Trinajstić information content (AvgIpc) is 3.12. The fraction of sp³-hybridized carbons (Fsp3) is 0.579. The zero-order valence-corrected chi connectivity index (χ0v) is 15.5. The van der Waals surface area contributed by atoms with Crippen molar-refractivity contribution in [1.29, 1.82) is 0 Å². The summed E-state index contributed by atoms with van der Waals surface area (Å²) < 4.78 is 5.95. The Balaban J connectivity index is 1.42. The summed E-state index contributed by atoms with van der Waals surface area (Å²) in [7, 11) is 0. The lowest BCUT2D eigenvalue weighted by Crippen LogP contribution is -2.52. The molecule has 1 unspecified atom stereocenters. The van der Waals surface area contributed by atoms with Gasteiger partial charge in [-0.05, 0) is 24.5 Å². The lowest BCUT2D eigenvalue weighted by molar-refractivity contribution is -0.135. The van der Waals surface area contributed by atoms with Gasteiger partial charge < -0.3 is 9.64 Å². The number of piperidine rings is 1. The summed E-state index contributed by atoms with van der Waals surface area (Å²) in [6.07, 6.45) is 7.78. The molecular formula is C19H26N6O2. The molecule has 4 rings (SSSR count). The van der Waals surface area contributed by atoms with Crippen molar-refractivity contribution >= 4 is 5.91 Å². The average molecular weight is 370 g/mol. The van der Waals surface area contributed by atoms with Gasteiger partial charge in [-0.3, -0.25) is 14.7 Å². The highest BCUT2D eigenvalue weighted by molar-refractivity contribution is 5.78. The van der Waals surface area contributed by atoms with Crippen LogP contribution in [0.2, 0.25) is 0 Å². The predicted octanol–water partition coefficient (Wildman–Crippen LogP) is 0.883. The van der Waals surface area contributed by atoms with Crippen molar-refractivity contribution < 1.29 is 9.53 Å². The second-order valence-corrected chi connectivity index (χ2v) is 7.68. The molecule has 2 aliphatic heterocycles. The highest BCUT2D eigenvalue weighted by atomic mass is 16.5. The summed E-state index contributed by atoms with van der Waals surface area (Å²) in [5.41, 5.74) is 1.89. The molecule has 2 aromatic heterocycles. The molecule has 2 aromatic rings. The molecule has 0 aromatic carbocycles. The fourth-order valence-electron chi connectivity index (χ4n) is 4.20. The zero-order chi connectivity index (χ0) is 18.5.